The molecular formula is C8H16N2O5S. The molecule has 0 saturated carbocycles. The summed E-state index contributed by atoms with van der Waals surface area (Å²) in [5.74, 6) is -1.04. The van der Waals surface area contributed by atoms with E-state index in [4.69, 9.17) is 5.11 Å². The third-order valence-corrected chi connectivity index (χ3v) is 4.28. The number of nitrogens with zero attached hydrogens (tertiary/aromatic N) is 2. The van der Waals surface area contributed by atoms with E-state index in [1.54, 1.807) is 6.92 Å². The first-order valence-corrected chi connectivity index (χ1v) is 6.20. The highest BCUT2D eigenvalue weighted by Crippen LogP contribution is 2.24. The predicted molar refractivity (Wildman–Crippen MR) is 56.0 cm³/mol. The average Bonchev–Trinajstić information content (AvgIpc) is 2.09. The first-order chi connectivity index (χ1) is 7.15. The van der Waals surface area contributed by atoms with Crippen LogP contribution in [0.3, 0.4) is 0 Å². The maximum atomic E-state index is 11.8. The number of aliphatic carboxylic acids is 1. The number of aliphatic hydroxyl groups is 1. The summed E-state index contributed by atoms with van der Waals surface area (Å²) in [5.41, 5.74) is -0.972. The Bertz CT molecular complexity index is 370. The van der Waals surface area contributed by atoms with Crippen molar-refractivity contribution in [1.29, 1.82) is 0 Å². The second-order valence-electron chi connectivity index (χ2n) is 4.24. The Balaban J connectivity index is 2.55. The second-order valence-corrected chi connectivity index (χ2v) is 6.27. The summed E-state index contributed by atoms with van der Waals surface area (Å²) in [6.45, 7) is 1.58. The summed E-state index contributed by atoms with van der Waals surface area (Å²) >= 11 is 0. The number of carboxylic acid groups (broad SMARTS) is 1. The van der Waals surface area contributed by atoms with Crippen LogP contribution < -0.4 is 0 Å². The lowest BCUT2D eigenvalue weighted by molar-refractivity contribution is -0.137. The second kappa shape index (κ2) is 4.28. The first-order valence-electron chi connectivity index (χ1n) is 4.81. The molecule has 0 spiro atoms. The average molecular weight is 252 g/mol. The number of β-amino-alcohol motifs (C(OH)–C–C–N with tert-alkyl or cyclic N) is 1. The molecule has 0 aromatic heterocycles. The number of hydrogen-bond donors (Lipinski definition) is 2. The van der Waals surface area contributed by atoms with Gasteiger partial charge in [-0.05, 0) is 6.92 Å². The molecule has 94 valence electrons. The molecule has 0 bridgehead atoms. The summed E-state index contributed by atoms with van der Waals surface area (Å²) < 4.78 is 25.6. The third-order valence-electron chi connectivity index (χ3n) is 2.39. The topological polar surface area (TPSA) is 98.2 Å². The fourth-order valence-corrected chi connectivity index (χ4v) is 3.04. The fourth-order valence-electron chi connectivity index (χ4n) is 1.44. The van der Waals surface area contributed by atoms with E-state index in [0.29, 0.717) is 0 Å². The molecule has 1 rings (SSSR count). The van der Waals surface area contributed by atoms with Gasteiger partial charge in [-0.2, -0.15) is 17.0 Å². The number of hydrogen-bond acceptors (Lipinski definition) is 4. The van der Waals surface area contributed by atoms with Crippen molar-refractivity contribution in [3.8, 4) is 0 Å². The van der Waals surface area contributed by atoms with Gasteiger partial charge >= 0.3 is 5.97 Å². The fraction of sp³-hybridized carbons (Fsp3) is 0.875. The van der Waals surface area contributed by atoms with Crippen molar-refractivity contribution in [2.75, 3.05) is 26.7 Å². The zero-order valence-corrected chi connectivity index (χ0v) is 10.1. The highest BCUT2D eigenvalue weighted by atomic mass is 32.2. The third kappa shape index (κ3) is 2.91. The molecule has 0 amide bonds. The van der Waals surface area contributed by atoms with E-state index < -0.39 is 21.8 Å². The molecule has 0 aromatic rings. The van der Waals surface area contributed by atoms with Crippen LogP contribution >= 0.6 is 0 Å². The van der Waals surface area contributed by atoms with Crippen LogP contribution in [0.15, 0.2) is 0 Å². The summed E-state index contributed by atoms with van der Waals surface area (Å²) in [4.78, 5) is 10.3. The van der Waals surface area contributed by atoms with Crippen LogP contribution in [0.4, 0.5) is 0 Å². The smallest absolute Gasteiger partial charge is 0.304 e. The van der Waals surface area contributed by atoms with Crippen LogP contribution in [-0.4, -0.2) is 65.5 Å². The highest BCUT2D eigenvalue weighted by Gasteiger charge is 2.44. The van der Waals surface area contributed by atoms with Crippen molar-refractivity contribution in [3.05, 3.63) is 0 Å². The Hall–Kier alpha value is -0.700. The monoisotopic (exact) mass is 252 g/mol. The summed E-state index contributed by atoms with van der Waals surface area (Å²) in [7, 11) is -2.30. The van der Waals surface area contributed by atoms with E-state index in [1.165, 1.54) is 7.05 Å². The van der Waals surface area contributed by atoms with Gasteiger partial charge in [-0.1, -0.05) is 0 Å². The van der Waals surface area contributed by atoms with Gasteiger partial charge in [-0.3, -0.25) is 4.79 Å². The van der Waals surface area contributed by atoms with Gasteiger partial charge in [-0.25, -0.2) is 0 Å². The van der Waals surface area contributed by atoms with E-state index in [2.05, 4.69) is 0 Å². The number of carbonyl (C=O) groups is 1. The molecule has 1 heterocycles. The minimum Gasteiger partial charge on any atom is -0.481 e. The lowest BCUT2D eigenvalue weighted by Crippen LogP contribution is -2.63. The Morgan fingerprint density at radius 2 is 2.00 bits per heavy atom. The summed E-state index contributed by atoms with van der Waals surface area (Å²) in [6.07, 6.45) is -0.236. The van der Waals surface area contributed by atoms with E-state index in [-0.39, 0.29) is 26.1 Å². The molecule has 16 heavy (non-hydrogen) atoms. The van der Waals surface area contributed by atoms with E-state index >= 15 is 0 Å². The van der Waals surface area contributed by atoms with E-state index in [9.17, 15) is 18.3 Å². The molecule has 0 atom stereocenters. The van der Waals surface area contributed by atoms with Crippen molar-refractivity contribution < 1.29 is 23.4 Å². The zero-order chi connectivity index (χ0) is 12.6. The van der Waals surface area contributed by atoms with Crippen LogP contribution in [0, 0.1) is 0 Å². The van der Waals surface area contributed by atoms with Crippen LogP contribution in [0.25, 0.3) is 0 Å². The largest absolute Gasteiger partial charge is 0.481 e. The van der Waals surface area contributed by atoms with Gasteiger partial charge in [0, 0.05) is 26.7 Å². The molecule has 8 heteroatoms. The van der Waals surface area contributed by atoms with Crippen molar-refractivity contribution >= 4 is 16.2 Å². The number of rotatable bonds is 5. The van der Waals surface area contributed by atoms with Crippen LogP contribution in [0.1, 0.15) is 13.3 Å². The first kappa shape index (κ1) is 13.4. The molecule has 1 saturated heterocycles. The Labute approximate surface area is 94.5 Å². The maximum absolute atomic E-state index is 11.8. The van der Waals surface area contributed by atoms with E-state index in [1.807, 2.05) is 0 Å². The highest BCUT2D eigenvalue weighted by molar-refractivity contribution is 7.86. The van der Waals surface area contributed by atoms with Gasteiger partial charge in [0.25, 0.3) is 10.2 Å². The van der Waals surface area contributed by atoms with Crippen molar-refractivity contribution in [3.63, 3.8) is 0 Å². The normalized spacial score (nSPS) is 20.8. The van der Waals surface area contributed by atoms with Gasteiger partial charge in [-0.15, -0.1) is 0 Å². The lowest BCUT2D eigenvalue weighted by atomic mass is 10.0. The molecule has 0 unspecified atom stereocenters. The number of carboxylic acids is 1. The van der Waals surface area contributed by atoms with Crippen LogP contribution in [-0.2, 0) is 15.0 Å². The maximum Gasteiger partial charge on any atom is 0.304 e. The predicted octanol–water partition coefficient (Wildman–Crippen LogP) is -1.30. The van der Waals surface area contributed by atoms with Crippen molar-refractivity contribution in [1.82, 2.24) is 8.61 Å². The molecule has 0 radical (unpaired) electrons. The zero-order valence-electron chi connectivity index (χ0n) is 9.25. The molecule has 2 N–H and O–H groups in total. The minimum absolute atomic E-state index is 0.0484. The van der Waals surface area contributed by atoms with Gasteiger partial charge in [0.15, 0.2) is 0 Å². The van der Waals surface area contributed by atoms with Crippen molar-refractivity contribution in [2.45, 2.75) is 18.9 Å². The Morgan fingerprint density at radius 1 is 1.50 bits per heavy atom. The standard InChI is InChI=1S/C8H16N2O5S/c1-8(13)5-10(6-8)16(14,15)9(2)4-3-7(11)12/h13H,3-6H2,1-2H3,(H,11,12). The van der Waals surface area contributed by atoms with Gasteiger partial charge in [0.05, 0.1) is 12.0 Å². The van der Waals surface area contributed by atoms with Crippen LogP contribution in [0.5, 0.6) is 0 Å². The molecule has 1 fully saturated rings. The van der Waals surface area contributed by atoms with Crippen LogP contribution in [0.2, 0.25) is 0 Å². The molecule has 0 aliphatic carbocycles. The van der Waals surface area contributed by atoms with Gasteiger partial charge in [0.2, 0.25) is 0 Å². The summed E-state index contributed by atoms with van der Waals surface area (Å²) in [5, 5.41) is 17.9. The van der Waals surface area contributed by atoms with Gasteiger partial charge in [0.1, 0.15) is 0 Å². The molecule has 1 aliphatic heterocycles. The van der Waals surface area contributed by atoms with Gasteiger partial charge < -0.3 is 10.2 Å². The molecule has 7 nitrogen and oxygen atoms in total. The Morgan fingerprint density at radius 3 is 2.38 bits per heavy atom. The summed E-state index contributed by atoms with van der Waals surface area (Å²) in [6, 6.07) is 0. The molecule has 1 aliphatic rings. The van der Waals surface area contributed by atoms with E-state index in [0.717, 1.165) is 8.61 Å². The molecule has 0 aromatic carbocycles. The Kier molecular flexibility index (Phi) is 3.58. The van der Waals surface area contributed by atoms with Crippen molar-refractivity contribution in [2.24, 2.45) is 0 Å². The minimum atomic E-state index is -3.63. The quantitative estimate of drug-likeness (QED) is 0.634. The SMILES string of the molecule is CN(CCC(=O)O)S(=O)(=O)N1CC(C)(O)C1. The lowest BCUT2D eigenvalue weighted by Gasteiger charge is -2.44. The molecular weight excluding hydrogens is 236 g/mol.